The number of piperidine rings is 1. The van der Waals surface area contributed by atoms with Crippen LogP contribution in [0.1, 0.15) is 36.9 Å². The second-order valence-corrected chi connectivity index (χ2v) is 7.78. The number of nitrogens with one attached hydrogen (secondary N) is 4. The Balaban J connectivity index is 1.45. The summed E-state index contributed by atoms with van der Waals surface area (Å²) in [6.45, 7) is 1.98. The summed E-state index contributed by atoms with van der Waals surface area (Å²) in [4.78, 5) is 9.51. The van der Waals surface area contributed by atoms with Crippen molar-refractivity contribution in [1.82, 2.24) is 20.5 Å². The van der Waals surface area contributed by atoms with E-state index in [1.807, 2.05) is 31.3 Å². The SMILES string of the molecule is Cc1cc(Nc2cc3c(c(NC4C[C@H]5CC[C@@H](C4)N5)n2)CC=CC=N3)n[nH]1. The van der Waals surface area contributed by atoms with Gasteiger partial charge in [0.25, 0.3) is 0 Å². The van der Waals surface area contributed by atoms with Crippen LogP contribution in [0.5, 0.6) is 0 Å². The number of hydrogen-bond acceptors (Lipinski definition) is 6. The van der Waals surface area contributed by atoms with E-state index in [1.54, 1.807) is 0 Å². The zero-order valence-electron chi connectivity index (χ0n) is 15.5. The van der Waals surface area contributed by atoms with Crippen molar-refractivity contribution >= 4 is 29.4 Å². The van der Waals surface area contributed by atoms with Crippen LogP contribution in [0.25, 0.3) is 0 Å². The Morgan fingerprint density at radius 3 is 2.74 bits per heavy atom. The normalized spacial score (nSPS) is 25.9. The molecule has 27 heavy (non-hydrogen) atoms. The number of rotatable bonds is 4. The lowest BCUT2D eigenvalue weighted by atomic mass is 9.99. The molecule has 3 aliphatic heterocycles. The van der Waals surface area contributed by atoms with E-state index in [2.05, 4.69) is 37.2 Å². The molecule has 3 atom stereocenters. The van der Waals surface area contributed by atoms with Crippen molar-refractivity contribution in [2.24, 2.45) is 4.99 Å². The molecule has 2 bridgehead atoms. The predicted octanol–water partition coefficient (Wildman–Crippen LogP) is 3.37. The molecule has 0 radical (unpaired) electrons. The van der Waals surface area contributed by atoms with Gasteiger partial charge in [0, 0.05) is 47.7 Å². The van der Waals surface area contributed by atoms with Crippen molar-refractivity contribution in [3.05, 3.63) is 35.5 Å². The number of aromatic amines is 1. The van der Waals surface area contributed by atoms with E-state index in [0.717, 1.165) is 53.7 Å². The van der Waals surface area contributed by atoms with Crippen molar-refractivity contribution < 1.29 is 0 Å². The van der Waals surface area contributed by atoms with Crippen molar-refractivity contribution in [3.63, 3.8) is 0 Å². The molecule has 2 saturated heterocycles. The second kappa shape index (κ2) is 6.81. The Morgan fingerprint density at radius 2 is 1.96 bits per heavy atom. The molecule has 0 spiro atoms. The van der Waals surface area contributed by atoms with E-state index in [0.29, 0.717) is 18.1 Å². The molecule has 5 rings (SSSR count). The molecule has 0 aliphatic carbocycles. The first-order valence-electron chi connectivity index (χ1n) is 9.77. The number of H-pyrrole nitrogens is 1. The number of fused-ring (bicyclic) bond motifs is 3. The number of anilines is 3. The zero-order chi connectivity index (χ0) is 18.2. The summed E-state index contributed by atoms with van der Waals surface area (Å²) in [5.74, 6) is 2.47. The standard InChI is InChI=1S/C20H25N7/c1-12-8-19(27-26-12)24-18-11-17-16(4-2-3-7-21-17)20(25-18)23-15-9-13-5-6-14(10-15)22-13/h2-3,7-8,11,13-15,22H,4-6,9-10H2,1H3,(H3,23,24,25,26,27)/t13-,14+,15?. The maximum Gasteiger partial charge on any atom is 0.153 e. The van der Waals surface area contributed by atoms with E-state index >= 15 is 0 Å². The molecular weight excluding hydrogens is 338 g/mol. The summed E-state index contributed by atoms with van der Waals surface area (Å²) >= 11 is 0. The molecule has 7 nitrogen and oxygen atoms in total. The van der Waals surface area contributed by atoms with E-state index in [1.165, 1.54) is 12.8 Å². The summed E-state index contributed by atoms with van der Waals surface area (Å²) < 4.78 is 0. The van der Waals surface area contributed by atoms with Crippen molar-refractivity contribution in [2.45, 2.75) is 57.2 Å². The van der Waals surface area contributed by atoms with Crippen LogP contribution in [0.15, 0.2) is 29.3 Å². The highest BCUT2D eigenvalue weighted by molar-refractivity contribution is 5.79. The fourth-order valence-corrected chi connectivity index (χ4v) is 4.41. The minimum Gasteiger partial charge on any atom is -0.367 e. The fraction of sp³-hybridized carbons (Fsp3) is 0.450. The van der Waals surface area contributed by atoms with Gasteiger partial charge in [0.15, 0.2) is 5.82 Å². The Hall–Kier alpha value is -2.67. The van der Waals surface area contributed by atoms with Crippen LogP contribution in [0.3, 0.4) is 0 Å². The van der Waals surface area contributed by atoms with Gasteiger partial charge >= 0.3 is 0 Å². The van der Waals surface area contributed by atoms with Gasteiger partial charge in [0.2, 0.25) is 0 Å². The lowest BCUT2D eigenvalue weighted by Gasteiger charge is -2.30. The first kappa shape index (κ1) is 16.5. The molecule has 140 valence electrons. The summed E-state index contributed by atoms with van der Waals surface area (Å²) in [6.07, 6.45) is 11.7. The van der Waals surface area contributed by atoms with Gasteiger partial charge in [-0.25, -0.2) is 4.98 Å². The maximum atomic E-state index is 4.89. The Bertz CT molecular complexity index is 886. The molecular formula is C20H25N7. The molecule has 1 unspecified atom stereocenters. The van der Waals surface area contributed by atoms with Crippen LogP contribution in [0.2, 0.25) is 0 Å². The molecule has 2 aromatic rings. The van der Waals surface area contributed by atoms with E-state index in [-0.39, 0.29) is 0 Å². The minimum absolute atomic E-state index is 0.458. The van der Waals surface area contributed by atoms with Crippen LogP contribution < -0.4 is 16.0 Å². The predicted molar refractivity (Wildman–Crippen MR) is 108 cm³/mol. The average molecular weight is 363 g/mol. The van der Waals surface area contributed by atoms with Crippen LogP contribution >= 0.6 is 0 Å². The molecule has 7 heteroatoms. The van der Waals surface area contributed by atoms with Gasteiger partial charge in [-0.05, 0) is 45.1 Å². The Kier molecular flexibility index (Phi) is 4.16. The lowest BCUT2D eigenvalue weighted by molar-refractivity contribution is 0.377. The molecule has 5 heterocycles. The van der Waals surface area contributed by atoms with Crippen molar-refractivity contribution in [1.29, 1.82) is 0 Å². The van der Waals surface area contributed by atoms with Gasteiger partial charge in [-0.3, -0.25) is 10.1 Å². The Labute approximate surface area is 158 Å². The highest BCUT2D eigenvalue weighted by atomic mass is 15.2. The number of allylic oxidation sites excluding steroid dienone is 2. The third-order valence-electron chi connectivity index (χ3n) is 5.63. The van der Waals surface area contributed by atoms with E-state index in [4.69, 9.17) is 4.98 Å². The highest BCUT2D eigenvalue weighted by Crippen LogP contribution is 2.34. The first-order chi connectivity index (χ1) is 13.2. The fourth-order valence-electron chi connectivity index (χ4n) is 4.41. The number of hydrogen-bond donors (Lipinski definition) is 4. The van der Waals surface area contributed by atoms with Crippen LogP contribution in [-0.2, 0) is 6.42 Å². The van der Waals surface area contributed by atoms with Crippen LogP contribution in [0, 0.1) is 6.92 Å². The number of aromatic nitrogens is 3. The van der Waals surface area contributed by atoms with Crippen molar-refractivity contribution in [2.75, 3.05) is 10.6 Å². The van der Waals surface area contributed by atoms with Crippen molar-refractivity contribution in [3.8, 4) is 0 Å². The topological polar surface area (TPSA) is 90.0 Å². The number of aliphatic imine (C=N–C) groups is 1. The third kappa shape index (κ3) is 3.47. The van der Waals surface area contributed by atoms with Crippen LogP contribution in [-0.4, -0.2) is 39.5 Å². The van der Waals surface area contributed by atoms with Gasteiger partial charge in [-0.2, -0.15) is 5.10 Å². The summed E-state index contributed by atoms with van der Waals surface area (Å²) in [5.41, 5.74) is 3.14. The lowest BCUT2D eigenvalue weighted by Crippen LogP contribution is -2.43. The second-order valence-electron chi connectivity index (χ2n) is 7.78. The van der Waals surface area contributed by atoms with Gasteiger partial charge in [0.1, 0.15) is 11.6 Å². The minimum atomic E-state index is 0.458. The quantitative estimate of drug-likeness (QED) is 0.669. The van der Waals surface area contributed by atoms with Gasteiger partial charge in [-0.1, -0.05) is 6.08 Å². The van der Waals surface area contributed by atoms with Gasteiger partial charge < -0.3 is 16.0 Å². The first-order valence-corrected chi connectivity index (χ1v) is 9.77. The Morgan fingerprint density at radius 1 is 1.11 bits per heavy atom. The molecule has 0 amide bonds. The highest BCUT2D eigenvalue weighted by Gasteiger charge is 2.33. The molecule has 3 aliphatic rings. The summed E-state index contributed by atoms with van der Waals surface area (Å²) in [6, 6.07) is 5.72. The average Bonchev–Trinajstić information content (AvgIpc) is 3.10. The van der Waals surface area contributed by atoms with Crippen LogP contribution in [0.4, 0.5) is 23.1 Å². The zero-order valence-corrected chi connectivity index (χ0v) is 15.5. The van der Waals surface area contributed by atoms with E-state index < -0.39 is 0 Å². The number of aryl methyl sites for hydroxylation is 1. The van der Waals surface area contributed by atoms with E-state index in [9.17, 15) is 0 Å². The molecule has 0 saturated carbocycles. The summed E-state index contributed by atoms with van der Waals surface area (Å²) in [5, 5.41) is 18.0. The monoisotopic (exact) mass is 363 g/mol. The number of nitrogens with zero attached hydrogens (tertiary/aromatic N) is 3. The largest absolute Gasteiger partial charge is 0.367 e. The van der Waals surface area contributed by atoms with Gasteiger partial charge in [0.05, 0.1) is 5.69 Å². The number of pyridine rings is 1. The molecule has 0 aromatic carbocycles. The smallest absolute Gasteiger partial charge is 0.153 e. The third-order valence-corrected chi connectivity index (χ3v) is 5.63. The molecule has 2 aromatic heterocycles. The van der Waals surface area contributed by atoms with Gasteiger partial charge in [-0.15, -0.1) is 0 Å². The summed E-state index contributed by atoms with van der Waals surface area (Å²) in [7, 11) is 0. The molecule has 4 N–H and O–H groups in total. The molecule has 2 fully saturated rings. The maximum absolute atomic E-state index is 4.89.